The van der Waals surface area contributed by atoms with E-state index in [1.165, 1.54) is 32.1 Å². The predicted octanol–water partition coefficient (Wildman–Crippen LogP) is 3.70. The molecule has 0 amide bonds. The lowest BCUT2D eigenvalue weighted by Crippen LogP contribution is -2.19. The zero-order chi connectivity index (χ0) is 8.60. The molecule has 0 radical (unpaired) electrons. The molecule has 2 rings (SSSR count). The van der Waals surface area contributed by atoms with E-state index < -0.39 is 0 Å². The topological polar surface area (TPSA) is 0 Å². The molecule has 2 aliphatic rings. The second-order valence-corrected chi connectivity index (χ2v) is 4.54. The molecule has 0 bridgehead atoms. The summed E-state index contributed by atoms with van der Waals surface area (Å²) in [6.07, 6.45) is 11.4. The van der Waals surface area contributed by atoms with E-state index in [2.05, 4.69) is 25.7 Å². The highest BCUT2D eigenvalue weighted by Gasteiger charge is 2.48. The highest BCUT2D eigenvalue weighted by atomic mass is 14.5. The smallest absolute Gasteiger partial charge is 0.0228 e. The quantitative estimate of drug-likeness (QED) is 0.543. The minimum Gasteiger partial charge on any atom is -0.103 e. The van der Waals surface area contributed by atoms with Crippen LogP contribution in [0, 0.1) is 11.3 Å². The minimum atomic E-state index is 0.730. The molecule has 0 aliphatic heterocycles. The first-order valence-electron chi connectivity index (χ1n) is 5.03. The third kappa shape index (κ3) is 1.24. The first kappa shape index (κ1) is 8.10. The van der Waals surface area contributed by atoms with E-state index in [-0.39, 0.29) is 0 Å². The summed E-state index contributed by atoms with van der Waals surface area (Å²) in [5.41, 5.74) is 2.33. The van der Waals surface area contributed by atoms with E-state index in [4.69, 9.17) is 0 Å². The van der Waals surface area contributed by atoms with Gasteiger partial charge in [-0.1, -0.05) is 17.7 Å². The Morgan fingerprint density at radius 2 is 2.42 bits per heavy atom. The Labute approximate surface area is 75.4 Å². The Hall–Kier alpha value is -0.520. The van der Waals surface area contributed by atoms with Gasteiger partial charge in [0.25, 0.3) is 0 Å². The van der Waals surface area contributed by atoms with Crippen molar-refractivity contribution in [2.75, 3.05) is 0 Å². The van der Waals surface area contributed by atoms with Crippen LogP contribution in [-0.4, -0.2) is 0 Å². The van der Waals surface area contributed by atoms with E-state index >= 15 is 0 Å². The van der Waals surface area contributed by atoms with E-state index in [9.17, 15) is 0 Å². The monoisotopic (exact) mass is 162 g/mol. The summed E-state index contributed by atoms with van der Waals surface area (Å²) >= 11 is 0. The fraction of sp³-hybridized carbons (Fsp3) is 0.667. The lowest BCUT2D eigenvalue weighted by atomic mass is 9.75. The van der Waals surface area contributed by atoms with Crippen molar-refractivity contribution in [3.05, 3.63) is 24.3 Å². The minimum absolute atomic E-state index is 0.730. The molecule has 1 atom stereocenters. The maximum Gasteiger partial charge on any atom is -0.0228 e. The van der Waals surface area contributed by atoms with Gasteiger partial charge in [-0.25, -0.2) is 0 Å². The fourth-order valence-electron chi connectivity index (χ4n) is 2.54. The molecule has 2 aliphatic carbocycles. The molecule has 1 fully saturated rings. The molecule has 66 valence electrons. The van der Waals surface area contributed by atoms with Gasteiger partial charge in [0, 0.05) is 0 Å². The van der Waals surface area contributed by atoms with Gasteiger partial charge in [-0.2, -0.15) is 0 Å². The van der Waals surface area contributed by atoms with Crippen LogP contribution in [0.5, 0.6) is 0 Å². The van der Waals surface area contributed by atoms with E-state index in [1.807, 2.05) is 0 Å². The average Bonchev–Trinajstić information content (AvgIpc) is 2.80. The standard InChI is InChI=1S/C12H18/c1-3-4-11-9-10(2)5-6-12(11)7-8-12/h3,5,11H,1,4,6-9H2,2H3. The number of hydrogen-bond acceptors (Lipinski definition) is 0. The van der Waals surface area contributed by atoms with Crippen molar-refractivity contribution in [1.82, 2.24) is 0 Å². The van der Waals surface area contributed by atoms with Crippen LogP contribution in [0.2, 0.25) is 0 Å². The fourth-order valence-corrected chi connectivity index (χ4v) is 2.54. The second kappa shape index (κ2) is 2.76. The second-order valence-electron chi connectivity index (χ2n) is 4.54. The van der Waals surface area contributed by atoms with Gasteiger partial charge in [0.1, 0.15) is 0 Å². The Bertz CT molecular complexity index is 218. The van der Waals surface area contributed by atoms with Crippen molar-refractivity contribution in [2.45, 2.75) is 39.0 Å². The molecule has 1 spiro atoms. The van der Waals surface area contributed by atoms with Crippen LogP contribution in [-0.2, 0) is 0 Å². The van der Waals surface area contributed by atoms with Gasteiger partial charge >= 0.3 is 0 Å². The van der Waals surface area contributed by atoms with Crippen molar-refractivity contribution in [3.63, 3.8) is 0 Å². The van der Waals surface area contributed by atoms with Crippen LogP contribution in [0.25, 0.3) is 0 Å². The largest absolute Gasteiger partial charge is 0.103 e. The number of rotatable bonds is 2. The van der Waals surface area contributed by atoms with Crippen molar-refractivity contribution in [1.29, 1.82) is 0 Å². The Kier molecular flexibility index (Phi) is 1.86. The summed E-state index contributed by atoms with van der Waals surface area (Å²) in [4.78, 5) is 0. The predicted molar refractivity (Wildman–Crippen MR) is 53.0 cm³/mol. The summed E-state index contributed by atoms with van der Waals surface area (Å²) < 4.78 is 0. The first-order chi connectivity index (χ1) is 5.77. The maximum absolute atomic E-state index is 3.85. The molecular weight excluding hydrogens is 144 g/mol. The Balaban J connectivity index is 2.10. The zero-order valence-electron chi connectivity index (χ0n) is 7.97. The molecule has 0 saturated heterocycles. The summed E-state index contributed by atoms with van der Waals surface area (Å²) in [5, 5.41) is 0. The van der Waals surface area contributed by atoms with E-state index in [1.54, 1.807) is 5.57 Å². The van der Waals surface area contributed by atoms with Crippen molar-refractivity contribution in [2.24, 2.45) is 11.3 Å². The van der Waals surface area contributed by atoms with Crippen molar-refractivity contribution in [3.8, 4) is 0 Å². The molecule has 1 unspecified atom stereocenters. The summed E-state index contributed by atoms with van der Waals surface area (Å²) in [5.74, 6) is 0.917. The van der Waals surface area contributed by atoms with Crippen molar-refractivity contribution < 1.29 is 0 Å². The van der Waals surface area contributed by atoms with Gasteiger partial charge < -0.3 is 0 Å². The lowest BCUT2D eigenvalue weighted by Gasteiger charge is -2.29. The van der Waals surface area contributed by atoms with Gasteiger partial charge in [0.15, 0.2) is 0 Å². The third-order valence-corrected chi connectivity index (χ3v) is 3.63. The summed E-state index contributed by atoms with van der Waals surface area (Å²) in [7, 11) is 0. The number of allylic oxidation sites excluding steroid dienone is 3. The van der Waals surface area contributed by atoms with Crippen LogP contribution < -0.4 is 0 Å². The molecular formula is C12H18. The molecule has 0 aromatic heterocycles. The van der Waals surface area contributed by atoms with Gasteiger partial charge in [-0.05, 0) is 50.4 Å². The van der Waals surface area contributed by atoms with Crippen LogP contribution in [0.1, 0.15) is 39.0 Å². The highest BCUT2D eigenvalue weighted by Crippen LogP contribution is 2.59. The van der Waals surface area contributed by atoms with Crippen molar-refractivity contribution >= 4 is 0 Å². The Morgan fingerprint density at radius 1 is 1.67 bits per heavy atom. The van der Waals surface area contributed by atoms with E-state index in [0.29, 0.717) is 0 Å². The Morgan fingerprint density at radius 3 is 3.00 bits per heavy atom. The summed E-state index contributed by atoms with van der Waals surface area (Å²) in [6.45, 7) is 6.12. The molecule has 0 nitrogen and oxygen atoms in total. The molecule has 0 N–H and O–H groups in total. The molecule has 0 heteroatoms. The lowest BCUT2D eigenvalue weighted by molar-refractivity contribution is 0.293. The van der Waals surface area contributed by atoms with Gasteiger partial charge in [0.05, 0.1) is 0 Å². The van der Waals surface area contributed by atoms with Gasteiger partial charge in [-0.3, -0.25) is 0 Å². The van der Waals surface area contributed by atoms with Crippen LogP contribution in [0.15, 0.2) is 24.3 Å². The van der Waals surface area contributed by atoms with Crippen LogP contribution in [0.4, 0.5) is 0 Å². The molecule has 0 heterocycles. The van der Waals surface area contributed by atoms with Crippen LogP contribution in [0.3, 0.4) is 0 Å². The molecule has 0 aromatic carbocycles. The highest BCUT2D eigenvalue weighted by molar-refractivity contribution is 5.15. The van der Waals surface area contributed by atoms with Gasteiger partial charge in [0.2, 0.25) is 0 Å². The SMILES string of the molecule is C=CCC1CC(C)=CCC12CC2. The summed E-state index contributed by atoms with van der Waals surface area (Å²) in [6, 6.07) is 0. The molecule has 0 aromatic rings. The van der Waals surface area contributed by atoms with Gasteiger partial charge in [-0.15, -0.1) is 6.58 Å². The average molecular weight is 162 g/mol. The van der Waals surface area contributed by atoms with Crippen LogP contribution >= 0.6 is 0 Å². The zero-order valence-corrected chi connectivity index (χ0v) is 7.97. The third-order valence-electron chi connectivity index (χ3n) is 3.63. The molecule has 1 saturated carbocycles. The number of hydrogen-bond donors (Lipinski definition) is 0. The normalized spacial score (nSPS) is 31.4. The molecule has 12 heavy (non-hydrogen) atoms. The maximum atomic E-state index is 3.85. The van der Waals surface area contributed by atoms with E-state index in [0.717, 1.165) is 11.3 Å². The first-order valence-corrected chi connectivity index (χ1v) is 5.03.